The molecule has 0 radical (unpaired) electrons. The van der Waals surface area contributed by atoms with Gasteiger partial charge in [-0.05, 0) is 48.6 Å². The first-order valence-electron chi connectivity index (χ1n) is 8.87. The highest BCUT2D eigenvalue weighted by molar-refractivity contribution is 5.99. The van der Waals surface area contributed by atoms with E-state index < -0.39 is 23.0 Å². The second-order valence-electron chi connectivity index (χ2n) is 7.13. The fourth-order valence-electron chi connectivity index (χ4n) is 3.64. The molecule has 0 heterocycles. The Bertz CT molecular complexity index is 804. The Morgan fingerprint density at radius 1 is 1.12 bits per heavy atom. The fourth-order valence-corrected chi connectivity index (χ4v) is 3.64. The highest BCUT2D eigenvalue weighted by Crippen LogP contribution is 2.42. The SMILES string of the molecule is CCC(C)(OC(=O)C1(C(=O)O)CCCC1)c1ccc2ccccc2c1. The zero-order chi connectivity index (χ0) is 18.1. The van der Waals surface area contributed by atoms with Crippen LogP contribution in [0.3, 0.4) is 0 Å². The zero-order valence-corrected chi connectivity index (χ0v) is 14.7. The van der Waals surface area contributed by atoms with Crippen LogP contribution < -0.4 is 0 Å². The third-order valence-corrected chi connectivity index (χ3v) is 5.61. The first-order valence-corrected chi connectivity index (χ1v) is 8.87. The molecule has 0 spiro atoms. The zero-order valence-electron chi connectivity index (χ0n) is 14.7. The van der Waals surface area contributed by atoms with Crippen molar-refractivity contribution in [2.24, 2.45) is 5.41 Å². The van der Waals surface area contributed by atoms with Gasteiger partial charge in [-0.3, -0.25) is 9.59 Å². The van der Waals surface area contributed by atoms with Gasteiger partial charge in [-0.25, -0.2) is 0 Å². The molecule has 0 aliphatic heterocycles. The lowest BCUT2D eigenvalue weighted by molar-refractivity contribution is -0.180. The van der Waals surface area contributed by atoms with Crippen molar-refractivity contribution in [2.45, 2.75) is 51.6 Å². The van der Waals surface area contributed by atoms with E-state index >= 15 is 0 Å². The topological polar surface area (TPSA) is 63.6 Å². The maximum atomic E-state index is 12.8. The van der Waals surface area contributed by atoms with Crippen molar-refractivity contribution >= 4 is 22.7 Å². The summed E-state index contributed by atoms with van der Waals surface area (Å²) in [6.45, 7) is 3.81. The van der Waals surface area contributed by atoms with Gasteiger partial charge in [0.2, 0.25) is 0 Å². The number of carboxylic acids is 1. The molecule has 1 saturated carbocycles. The van der Waals surface area contributed by atoms with Gasteiger partial charge in [0.25, 0.3) is 0 Å². The molecule has 1 N–H and O–H groups in total. The van der Waals surface area contributed by atoms with Crippen molar-refractivity contribution in [3.63, 3.8) is 0 Å². The Hall–Kier alpha value is -2.36. The Labute approximate surface area is 147 Å². The fraction of sp³-hybridized carbons (Fsp3) is 0.429. The first kappa shape index (κ1) is 17.5. The molecule has 132 valence electrons. The minimum atomic E-state index is -1.38. The largest absolute Gasteiger partial charge is 0.480 e. The summed E-state index contributed by atoms with van der Waals surface area (Å²) >= 11 is 0. The molecule has 1 fully saturated rings. The van der Waals surface area contributed by atoms with Crippen molar-refractivity contribution < 1.29 is 19.4 Å². The summed E-state index contributed by atoms with van der Waals surface area (Å²) < 4.78 is 5.85. The van der Waals surface area contributed by atoms with Gasteiger partial charge in [-0.15, -0.1) is 0 Å². The number of esters is 1. The second-order valence-corrected chi connectivity index (χ2v) is 7.13. The standard InChI is InChI=1S/C21H24O4/c1-3-20(2,17-11-10-15-8-4-5-9-16(15)14-17)25-19(24)21(18(22)23)12-6-7-13-21/h4-5,8-11,14H,3,6-7,12-13H2,1-2H3,(H,22,23). The van der Waals surface area contributed by atoms with Gasteiger partial charge in [0.15, 0.2) is 5.41 Å². The minimum absolute atomic E-state index is 0.360. The van der Waals surface area contributed by atoms with Crippen LogP contribution in [0.15, 0.2) is 42.5 Å². The molecule has 2 aromatic rings. The number of hydrogen-bond acceptors (Lipinski definition) is 3. The van der Waals surface area contributed by atoms with Gasteiger partial charge in [0.05, 0.1) is 0 Å². The van der Waals surface area contributed by atoms with E-state index in [1.54, 1.807) is 0 Å². The summed E-state index contributed by atoms with van der Waals surface area (Å²) in [5, 5.41) is 11.8. The first-order chi connectivity index (χ1) is 11.9. The monoisotopic (exact) mass is 340 g/mol. The van der Waals surface area contributed by atoms with Gasteiger partial charge < -0.3 is 9.84 Å². The maximum Gasteiger partial charge on any atom is 0.324 e. The van der Waals surface area contributed by atoms with E-state index in [9.17, 15) is 14.7 Å². The van der Waals surface area contributed by atoms with Crippen LogP contribution in [0.25, 0.3) is 10.8 Å². The van der Waals surface area contributed by atoms with Crippen molar-refractivity contribution in [1.29, 1.82) is 0 Å². The molecule has 1 aliphatic carbocycles. The predicted molar refractivity (Wildman–Crippen MR) is 96.2 cm³/mol. The molecule has 0 saturated heterocycles. The van der Waals surface area contributed by atoms with Crippen LogP contribution in [0.4, 0.5) is 0 Å². The molecule has 25 heavy (non-hydrogen) atoms. The van der Waals surface area contributed by atoms with Crippen LogP contribution in [-0.2, 0) is 19.9 Å². The second kappa shape index (κ2) is 6.51. The molecular weight excluding hydrogens is 316 g/mol. The van der Waals surface area contributed by atoms with Gasteiger partial charge >= 0.3 is 11.9 Å². The predicted octanol–water partition coefficient (Wildman–Crippen LogP) is 4.65. The third-order valence-electron chi connectivity index (χ3n) is 5.61. The van der Waals surface area contributed by atoms with E-state index in [0.29, 0.717) is 19.3 Å². The van der Waals surface area contributed by atoms with Crippen LogP contribution in [0.2, 0.25) is 0 Å². The van der Waals surface area contributed by atoms with Gasteiger partial charge in [-0.1, -0.05) is 56.2 Å². The number of carbonyl (C=O) groups excluding carboxylic acids is 1. The third kappa shape index (κ3) is 3.01. The van der Waals surface area contributed by atoms with Crippen molar-refractivity contribution in [2.75, 3.05) is 0 Å². The number of aliphatic carboxylic acids is 1. The Morgan fingerprint density at radius 2 is 1.76 bits per heavy atom. The van der Waals surface area contributed by atoms with Crippen molar-refractivity contribution in [3.05, 3.63) is 48.0 Å². The number of carbonyl (C=O) groups is 2. The molecule has 0 aromatic heterocycles. The van der Waals surface area contributed by atoms with E-state index in [1.807, 2.05) is 56.3 Å². The summed E-state index contributed by atoms with van der Waals surface area (Å²) in [7, 11) is 0. The molecule has 4 heteroatoms. The Kier molecular flexibility index (Phi) is 4.55. The number of carboxylic acid groups (broad SMARTS) is 1. The molecular formula is C21H24O4. The van der Waals surface area contributed by atoms with Crippen LogP contribution in [0, 0.1) is 5.41 Å². The van der Waals surface area contributed by atoms with Crippen molar-refractivity contribution in [3.8, 4) is 0 Å². The van der Waals surface area contributed by atoms with Crippen molar-refractivity contribution in [1.82, 2.24) is 0 Å². The van der Waals surface area contributed by atoms with Gasteiger partial charge in [0.1, 0.15) is 5.60 Å². The normalized spacial score (nSPS) is 18.6. The smallest absolute Gasteiger partial charge is 0.324 e. The molecule has 2 aromatic carbocycles. The number of benzene rings is 2. The summed E-state index contributed by atoms with van der Waals surface area (Å²) in [5.41, 5.74) is -1.33. The Balaban J connectivity index is 1.93. The number of rotatable bonds is 5. The average Bonchev–Trinajstić information content (AvgIpc) is 3.12. The summed E-state index contributed by atoms with van der Waals surface area (Å²) in [5.74, 6) is -1.66. The summed E-state index contributed by atoms with van der Waals surface area (Å²) in [6.07, 6.45) is 2.80. The van der Waals surface area contributed by atoms with E-state index in [4.69, 9.17) is 4.74 Å². The molecule has 1 unspecified atom stereocenters. The molecule has 4 nitrogen and oxygen atoms in total. The van der Waals surface area contributed by atoms with E-state index in [-0.39, 0.29) is 0 Å². The molecule has 0 bridgehead atoms. The molecule has 1 aliphatic rings. The lowest BCUT2D eigenvalue weighted by Crippen LogP contribution is -2.42. The highest BCUT2D eigenvalue weighted by atomic mass is 16.6. The lowest BCUT2D eigenvalue weighted by atomic mass is 9.85. The van der Waals surface area contributed by atoms with Crippen LogP contribution in [-0.4, -0.2) is 17.0 Å². The molecule has 1 atom stereocenters. The highest BCUT2D eigenvalue weighted by Gasteiger charge is 2.51. The lowest BCUT2D eigenvalue weighted by Gasteiger charge is -2.33. The summed E-state index contributed by atoms with van der Waals surface area (Å²) in [6, 6.07) is 14.0. The van der Waals surface area contributed by atoms with E-state index in [0.717, 1.165) is 29.2 Å². The van der Waals surface area contributed by atoms with Gasteiger partial charge in [-0.2, -0.15) is 0 Å². The van der Waals surface area contributed by atoms with Crippen LogP contribution >= 0.6 is 0 Å². The van der Waals surface area contributed by atoms with E-state index in [2.05, 4.69) is 0 Å². The maximum absolute atomic E-state index is 12.8. The molecule has 0 amide bonds. The molecule has 3 rings (SSSR count). The quantitative estimate of drug-likeness (QED) is 0.635. The van der Waals surface area contributed by atoms with Crippen LogP contribution in [0.1, 0.15) is 51.5 Å². The number of fused-ring (bicyclic) bond motifs is 1. The Morgan fingerprint density at radius 3 is 2.36 bits per heavy atom. The minimum Gasteiger partial charge on any atom is -0.480 e. The summed E-state index contributed by atoms with van der Waals surface area (Å²) in [4.78, 5) is 24.6. The number of ether oxygens (including phenoxy) is 1. The average molecular weight is 340 g/mol. The van der Waals surface area contributed by atoms with E-state index in [1.165, 1.54) is 0 Å². The van der Waals surface area contributed by atoms with Crippen LogP contribution in [0.5, 0.6) is 0 Å². The van der Waals surface area contributed by atoms with Gasteiger partial charge in [0, 0.05) is 0 Å². The number of hydrogen-bond donors (Lipinski definition) is 1.